The van der Waals surface area contributed by atoms with Crippen LogP contribution in [0.25, 0.3) is 11.0 Å². The van der Waals surface area contributed by atoms with Crippen LogP contribution in [0.4, 0.5) is 0 Å². The standard InChI is InChI=1S/C18H23N3OS/c1-7-13(9-11(5)10(3)4)23-18-19-12(6)15-16(22)14(8-2)20-17(15)21-18/h7,9,22H,3,8H2,1-2,4-6H3,(H,19,20,21)/b11-9-,13-7?. The summed E-state index contributed by atoms with van der Waals surface area (Å²) in [4.78, 5) is 13.3. The fraction of sp³-hybridized carbons (Fsp3) is 0.333. The summed E-state index contributed by atoms with van der Waals surface area (Å²) in [6.45, 7) is 13.9. The normalized spacial score (nSPS) is 12.9. The molecule has 0 radical (unpaired) electrons. The Morgan fingerprint density at radius 2 is 2.04 bits per heavy atom. The van der Waals surface area contributed by atoms with Crippen LogP contribution in [0.5, 0.6) is 5.75 Å². The first-order chi connectivity index (χ1) is 10.9. The number of aromatic nitrogens is 3. The highest BCUT2D eigenvalue weighted by Gasteiger charge is 2.15. The zero-order valence-electron chi connectivity index (χ0n) is 14.3. The summed E-state index contributed by atoms with van der Waals surface area (Å²) >= 11 is 1.51. The molecule has 2 aromatic rings. The van der Waals surface area contributed by atoms with E-state index in [2.05, 4.69) is 27.6 Å². The van der Waals surface area contributed by atoms with E-state index in [1.165, 1.54) is 11.8 Å². The van der Waals surface area contributed by atoms with Gasteiger partial charge in [-0.3, -0.25) is 0 Å². The molecule has 0 atom stereocenters. The SMILES string of the molecule is C=C(C)/C(C)=C\C(=CC)Sc1nc(C)c2c(O)c(CC)[nH]c2n1. The first kappa shape index (κ1) is 17.3. The molecule has 0 aliphatic rings. The highest BCUT2D eigenvalue weighted by atomic mass is 32.2. The van der Waals surface area contributed by atoms with E-state index >= 15 is 0 Å². The number of hydrogen-bond acceptors (Lipinski definition) is 4. The Kier molecular flexibility index (Phi) is 5.31. The van der Waals surface area contributed by atoms with E-state index in [1.54, 1.807) is 0 Å². The summed E-state index contributed by atoms with van der Waals surface area (Å²) in [5, 5.41) is 11.6. The number of nitrogens with one attached hydrogen (secondary N) is 1. The Morgan fingerprint density at radius 1 is 1.35 bits per heavy atom. The first-order valence-electron chi connectivity index (χ1n) is 7.63. The van der Waals surface area contributed by atoms with Crippen molar-refractivity contribution in [3.05, 3.63) is 46.2 Å². The van der Waals surface area contributed by atoms with Gasteiger partial charge in [0.15, 0.2) is 5.16 Å². The summed E-state index contributed by atoms with van der Waals surface area (Å²) in [5.74, 6) is 0.265. The topological polar surface area (TPSA) is 61.8 Å². The minimum absolute atomic E-state index is 0.265. The van der Waals surface area contributed by atoms with Crippen molar-refractivity contribution in [3.8, 4) is 5.75 Å². The summed E-state index contributed by atoms with van der Waals surface area (Å²) in [7, 11) is 0. The van der Waals surface area contributed by atoms with E-state index in [0.29, 0.717) is 16.2 Å². The Balaban J connectivity index is 2.41. The molecule has 0 saturated heterocycles. The third-order valence-corrected chi connectivity index (χ3v) is 4.69. The molecule has 0 bridgehead atoms. The number of aryl methyl sites for hydroxylation is 2. The molecule has 0 fully saturated rings. The average molecular weight is 329 g/mol. The fourth-order valence-corrected chi connectivity index (χ4v) is 3.07. The van der Waals surface area contributed by atoms with Gasteiger partial charge in [0, 0.05) is 4.91 Å². The molecule has 5 heteroatoms. The summed E-state index contributed by atoms with van der Waals surface area (Å²) in [6, 6.07) is 0. The molecule has 122 valence electrons. The lowest BCUT2D eigenvalue weighted by atomic mass is 10.1. The zero-order valence-corrected chi connectivity index (χ0v) is 15.1. The molecule has 2 rings (SSSR count). The molecule has 2 heterocycles. The predicted octanol–water partition coefficient (Wildman–Crippen LogP) is 5.05. The van der Waals surface area contributed by atoms with E-state index < -0.39 is 0 Å². The van der Waals surface area contributed by atoms with E-state index in [4.69, 9.17) is 0 Å². The van der Waals surface area contributed by atoms with Gasteiger partial charge in [0.2, 0.25) is 0 Å². The molecule has 0 spiro atoms. The monoisotopic (exact) mass is 329 g/mol. The average Bonchev–Trinajstić information content (AvgIpc) is 2.82. The number of thioether (sulfide) groups is 1. The number of fused-ring (bicyclic) bond motifs is 1. The quantitative estimate of drug-likeness (QED) is 0.457. The molecule has 0 aromatic carbocycles. The van der Waals surface area contributed by atoms with Crippen molar-refractivity contribution in [2.24, 2.45) is 0 Å². The zero-order chi connectivity index (χ0) is 17.1. The van der Waals surface area contributed by atoms with Crippen LogP contribution in [0.2, 0.25) is 0 Å². The summed E-state index contributed by atoms with van der Waals surface area (Å²) in [6.07, 6.45) is 4.84. The van der Waals surface area contributed by atoms with Crippen LogP contribution in [0.1, 0.15) is 39.1 Å². The maximum Gasteiger partial charge on any atom is 0.194 e. The number of nitrogens with zero attached hydrogens (tertiary/aromatic N) is 2. The molecule has 4 nitrogen and oxygen atoms in total. The molecule has 23 heavy (non-hydrogen) atoms. The van der Waals surface area contributed by atoms with Gasteiger partial charge in [0.1, 0.15) is 11.4 Å². The van der Waals surface area contributed by atoms with Gasteiger partial charge in [0.05, 0.1) is 16.8 Å². The maximum atomic E-state index is 10.2. The Hall–Kier alpha value is -2.01. The van der Waals surface area contributed by atoms with Gasteiger partial charge in [-0.15, -0.1) is 0 Å². The largest absolute Gasteiger partial charge is 0.505 e. The van der Waals surface area contributed by atoms with E-state index in [0.717, 1.165) is 33.9 Å². The van der Waals surface area contributed by atoms with Crippen molar-refractivity contribution >= 4 is 22.8 Å². The molecule has 0 aliphatic heterocycles. The van der Waals surface area contributed by atoms with Gasteiger partial charge in [-0.25, -0.2) is 9.97 Å². The van der Waals surface area contributed by atoms with Crippen LogP contribution in [0.3, 0.4) is 0 Å². The lowest BCUT2D eigenvalue weighted by molar-refractivity contribution is 0.474. The number of rotatable bonds is 5. The van der Waals surface area contributed by atoms with Crippen LogP contribution in [-0.4, -0.2) is 20.1 Å². The lowest BCUT2D eigenvalue weighted by Gasteiger charge is -2.05. The number of H-pyrrole nitrogens is 1. The van der Waals surface area contributed by atoms with Gasteiger partial charge < -0.3 is 10.1 Å². The van der Waals surface area contributed by atoms with Crippen molar-refractivity contribution in [1.29, 1.82) is 0 Å². The van der Waals surface area contributed by atoms with Crippen molar-refractivity contribution < 1.29 is 5.11 Å². The first-order valence-corrected chi connectivity index (χ1v) is 8.45. The molecule has 0 unspecified atom stereocenters. The second kappa shape index (κ2) is 7.04. The third-order valence-electron chi connectivity index (χ3n) is 3.74. The van der Waals surface area contributed by atoms with Crippen molar-refractivity contribution in [2.45, 2.75) is 46.2 Å². The Morgan fingerprint density at radius 3 is 2.61 bits per heavy atom. The second-order valence-electron chi connectivity index (χ2n) is 5.52. The Labute approximate surface area is 141 Å². The minimum Gasteiger partial charge on any atom is -0.505 e. The van der Waals surface area contributed by atoms with E-state index in [9.17, 15) is 5.11 Å². The molecular weight excluding hydrogens is 306 g/mol. The van der Waals surface area contributed by atoms with Gasteiger partial charge in [-0.1, -0.05) is 36.9 Å². The van der Waals surface area contributed by atoms with Gasteiger partial charge in [-0.05, 0) is 45.8 Å². The van der Waals surface area contributed by atoms with E-state index in [1.807, 2.05) is 40.7 Å². The van der Waals surface area contributed by atoms with Crippen LogP contribution in [0.15, 0.2) is 39.9 Å². The van der Waals surface area contributed by atoms with E-state index in [-0.39, 0.29) is 5.75 Å². The molecule has 0 aliphatic carbocycles. The fourth-order valence-electron chi connectivity index (χ4n) is 2.19. The smallest absolute Gasteiger partial charge is 0.194 e. The van der Waals surface area contributed by atoms with Crippen LogP contribution in [0, 0.1) is 6.92 Å². The third kappa shape index (κ3) is 3.67. The summed E-state index contributed by atoms with van der Waals surface area (Å²) < 4.78 is 0. The molecule has 0 amide bonds. The Bertz CT molecular complexity index is 815. The van der Waals surface area contributed by atoms with Crippen LogP contribution < -0.4 is 0 Å². The predicted molar refractivity (Wildman–Crippen MR) is 97.9 cm³/mol. The lowest BCUT2D eigenvalue weighted by Crippen LogP contribution is -1.92. The second-order valence-corrected chi connectivity index (χ2v) is 6.56. The number of hydrogen-bond donors (Lipinski definition) is 2. The minimum atomic E-state index is 0.265. The molecule has 0 saturated carbocycles. The molecule has 2 aromatic heterocycles. The van der Waals surface area contributed by atoms with Crippen LogP contribution >= 0.6 is 11.8 Å². The van der Waals surface area contributed by atoms with Gasteiger partial charge in [0.25, 0.3) is 0 Å². The summed E-state index contributed by atoms with van der Waals surface area (Å²) in [5.41, 5.74) is 4.44. The van der Waals surface area contributed by atoms with Crippen molar-refractivity contribution in [2.75, 3.05) is 0 Å². The highest BCUT2D eigenvalue weighted by Crippen LogP contribution is 2.33. The van der Waals surface area contributed by atoms with Crippen molar-refractivity contribution in [1.82, 2.24) is 15.0 Å². The molecule has 2 N–H and O–H groups in total. The number of aromatic hydroxyl groups is 1. The number of allylic oxidation sites excluding steroid dienone is 4. The molecular formula is C18H23N3OS. The van der Waals surface area contributed by atoms with Gasteiger partial charge >= 0.3 is 0 Å². The highest BCUT2D eigenvalue weighted by molar-refractivity contribution is 8.03. The maximum absolute atomic E-state index is 10.2. The van der Waals surface area contributed by atoms with Crippen LogP contribution in [-0.2, 0) is 6.42 Å². The van der Waals surface area contributed by atoms with Crippen molar-refractivity contribution in [3.63, 3.8) is 0 Å². The van der Waals surface area contributed by atoms with Gasteiger partial charge in [-0.2, -0.15) is 0 Å². The number of aromatic amines is 1.